The zero-order valence-corrected chi connectivity index (χ0v) is 12.6. The van der Waals surface area contributed by atoms with E-state index in [4.69, 9.17) is 0 Å². The predicted octanol–water partition coefficient (Wildman–Crippen LogP) is 2.19. The van der Waals surface area contributed by atoms with Crippen molar-refractivity contribution in [2.45, 2.75) is 0 Å². The molecule has 3 N–H and O–H groups in total. The molecule has 0 aliphatic carbocycles. The number of phenols is 1. The van der Waals surface area contributed by atoms with Gasteiger partial charge in [0.15, 0.2) is 0 Å². The van der Waals surface area contributed by atoms with Crippen LogP contribution in [0, 0.1) is 0 Å². The predicted molar refractivity (Wildman–Crippen MR) is 87.5 cm³/mol. The average Bonchev–Trinajstić information content (AvgIpc) is 2.94. The third kappa shape index (κ3) is 2.97. The van der Waals surface area contributed by atoms with E-state index in [1.807, 2.05) is 6.07 Å². The fraction of sp³-hybridized carbons (Fsp3) is 0. The Morgan fingerprint density at radius 1 is 1.13 bits per heavy atom. The fourth-order valence-corrected chi connectivity index (χ4v) is 3.22. The first-order valence-electron chi connectivity index (χ1n) is 6.63. The first-order chi connectivity index (χ1) is 11.0. The minimum atomic E-state index is -4.16. The van der Waals surface area contributed by atoms with E-state index in [-0.39, 0.29) is 17.8 Å². The van der Waals surface area contributed by atoms with Gasteiger partial charge < -0.3 is 10.1 Å². The van der Waals surface area contributed by atoms with Crippen LogP contribution in [-0.2, 0) is 15.0 Å². The van der Waals surface area contributed by atoms with Crippen molar-refractivity contribution in [3.8, 4) is 5.75 Å². The first-order valence-corrected chi connectivity index (χ1v) is 8.07. The molecule has 23 heavy (non-hydrogen) atoms. The molecular weight excluding hydrogens is 318 g/mol. The molecule has 0 unspecified atom stereocenters. The Kier molecular flexibility index (Phi) is 3.67. The number of aromatic nitrogens is 1. The van der Waals surface area contributed by atoms with Gasteiger partial charge in [-0.15, -0.1) is 0 Å². The Labute approximate surface area is 132 Å². The van der Waals surface area contributed by atoms with Gasteiger partial charge in [0.05, 0.1) is 11.4 Å². The number of benzene rings is 2. The second-order valence-electron chi connectivity index (χ2n) is 4.81. The van der Waals surface area contributed by atoms with E-state index in [9.17, 15) is 18.3 Å². The molecule has 1 heterocycles. The molecule has 1 amide bonds. The van der Waals surface area contributed by atoms with Gasteiger partial charge in [-0.2, -0.15) is 12.7 Å². The van der Waals surface area contributed by atoms with E-state index in [2.05, 4.69) is 9.71 Å². The fourth-order valence-electron chi connectivity index (χ4n) is 2.20. The number of fused-ring (bicyclic) bond motifs is 1. The number of nitrogens with zero attached hydrogens (tertiary/aromatic N) is 1. The summed E-state index contributed by atoms with van der Waals surface area (Å²) in [6, 6.07) is 12.2. The summed E-state index contributed by atoms with van der Waals surface area (Å²) < 4.78 is 27.7. The standard InChI is InChI=1S/C15H13N3O4S/c19-10-18(13-2-1-3-14(20)9-13)23(21,22)17-12-5-4-11-6-7-16-15(11)8-12/h1-10,16-17,20H. The van der Waals surface area contributed by atoms with Crippen LogP contribution >= 0.6 is 0 Å². The molecule has 0 saturated heterocycles. The summed E-state index contributed by atoms with van der Waals surface area (Å²) in [6.45, 7) is 0. The number of nitrogens with one attached hydrogen (secondary N) is 2. The summed E-state index contributed by atoms with van der Waals surface area (Å²) in [5.74, 6) is -0.141. The SMILES string of the molecule is O=CN(c1cccc(O)c1)S(=O)(=O)Nc1ccc2cc[nH]c2c1. The number of aromatic amines is 1. The quantitative estimate of drug-likeness (QED) is 0.624. The number of hydrogen-bond acceptors (Lipinski definition) is 4. The van der Waals surface area contributed by atoms with Crippen molar-refractivity contribution in [3.05, 3.63) is 54.7 Å². The maximum absolute atomic E-state index is 12.4. The lowest BCUT2D eigenvalue weighted by Gasteiger charge is -2.18. The molecule has 7 nitrogen and oxygen atoms in total. The summed E-state index contributed by atoms with van der Waals surface area (Å²) in [4.78, 5) is 14.2. The van der Waals surface area contributed by atoms with Crippen molar-refractivity contribution < 1.29 is 18.3 Å². The van der Waals surface area contributed by atoms with Gasteiger partial charge in [0.1, 0.15) is 5.75 Å². The third-order valence-electron chi connectivity index (χ3n) is 3.24. The Hall–Kier alpha value is -3.00. The average molecular weight is 331 g/mol. The molecule has 0 aliphatic heterocycles. The van der Waals surface area contributed by atoms with E-state index < -0.39 is 10.2 Å². The highest BCUT2D eigenvalue weighted by atomic mass is 32.2. The number of hydrogen-bond donors (Lipinski definition) is 3. The highest BCUT2D eigenvalue weighted by molar-refractivity contribution is 7.94. The molecule has 2 aromatic carbocycles. The van der Waals surface area contributed by atoms with E-state index in [1.54, 1.807) is 24.4 Å². The number of amides is 1. The minimum absolute atomic E-state index is 0.0356. The first kappa shape index (κ1) is 14.9. The number of phenolic OH excluding ortho intramolecular Hbond substituents is 1. The largest absolute Gasteiger partial charge is 0.508 e. The van der Waals surface area contributed by atoms with Crippen molar-refractivity contribution in [2.75, 3.05) is 9.03 Å². The van der Waals surface area contributed by atoms with Gasteiger partial charge in [-0.05, 0) is 35.7 Å². The number of carbonyl (C=O) groups is 1. The lowest BCUT2D eigenvalue weighted by Crippen LogP contribution is -2.34. The van der Waals surface area contributed by atoms with Crippen LogP contribution < -0.4 is 9.03 Å². The summed E-state index contributed by atoms with van der Waals surface area (Å²) in [7, 11) is -4.16. The number of aromatic hydroxyl groups is 1. The number of rotatable bonds is 5. The zero-order valence-electron chi connectivity index (χ0n) is 11.8. The Morgan fingerprint density at radius 2 is 1.96 bits per heavy atom. The molecule has 0 radical (unpaired) electrons. The van der Waals surface area contributed by atoms with Gasteiger partial charge in [-0.1, -0.05) is 12.1 Å². The number of carbonyl (C=O) groups excluding carboxylic acids is 1. The van der Waals surface area contributed by atoms with Crippen LogP contribution in [0.1, 0.15) is 0 Å². The van der Waals surface area contributed by atoms with Crippen LogP contribution in [0.2, 0.25) is 0 Å². The molecule has 0 atom stereocenters. The van der Waals surface area contributed by atoms with Gasteiger partial charge in [0.25, 0.3) is 0 Å². The molecular formula is C15H13N3O4S. The summed E-state index contributed by atoms with van der Waals surface area (Å²) in [6.07, 6.45) is 1.91. The molecule has 0 saturated carbocycles. The molecule has 1 aromatic heterocycles. The molecule has 0 spiro atoms. The van der Waals surface area contributed by atoms with Gasteiger partial charge >= 0.3 is 10.2 Å². The van der Waals surface area contributed by atoms with Crippen LogP contribution in [0.3, 0.4) is 0 Å². The maximum Gasteiger partial charge on any atom is 0.330 e. The van der Waals surface area contributed by atoms with Gasteiger partial charge in [0, 0.05) is 17.8 Å². The lowest BCUT2D eigenvalue weighted by atomic mass is 10.2. The number of anilines is 2. The second-order valence-corrected chi connectivity index (χ2v) is 6.36. The molecule has 3 rings (SSSR count). The van der Waals surface area contributed by atoms with Crippen LogP contribution in [0.15, 0.2) is 54.7 Å². The number of H-pyrrole nitrogens is 1. The van der Waals surface area contributed by atoms with Crippen molar-refractivity contribution >= 4 is 38.9 Å². The minimum Gasteiger partial charge on any atom is -0.508 e. The molecule has 118 valence electrons. The summed E-state index contributed by atoms with van der Waals surface area (Å²) in [5.41, 5.74) is 1.11. The van der Waals surface area contributed by atoms with Crippen LogP contribution in [0.25, 0.3) is 10.9 Å². The van der Waals surface area contributed by atoms with Gasteiger partial charge in [-0.25, -0.2) is 0 Å². The maximum atomic E-state index is 12.4. The van der Waals surface area contributed by atoms with E-state index in [0.29, 0.717) is 9.99 Å². The summed E-state index contributed by atoms with van der Waals surface area (Å²) >= 11 is 0. The van der Waals surface area contributed by atoms with E-state index in [1.165, 1.54) is 24.3 Å². The monoisotopic (exact) mass is 331 g/mol. The van der Waals surface area contributed by atoms with E-state index >= 15 is 0 Å². The van der Waals surface area contributed by atoms with Gasteiger partial charge in [0.2, 0.25) is 6.41 Å². The highest BCUT2D eigenvalue weighted by Gasteiger charge is 2.22. The summed E-state index contributed by atoms with van der Waals surface area (Å²) in [5, 5.41) is 10.4. The zero-order chi connectivity index (χ0) is 16.4. The van der Waals surface area contributed by atoms with E-state index in [0.717, 1.165) is 10.9 Å². The Morgan fingerprint density at radius 3 is 2.70 bits per heavy atom. The third-order valence-corrected chi connectivity index (χ3v) is 4.55. The van der Waals surface area contributed by atoms with Crippen LogP contribution in [0.4, 0.5) is 11.4 Å². The molecule has 0 bridgehead atoms. The van der Waals surface area contributed by atoms with Crippen molar-refractivity contribution in [1.82, 2.24) is 4.98 Å². The van der Waals surface area contributed by atoms with Crippen molar-refractivity contribution in [3.63, 3.8) is 0 Å². The van der Waals surface area contributed by atoms with Crippen LogP contribution in [0.5, 0.6) is 5.75 Å². The highest BCUT2D eigenvalue weighted by Crippen LogP contribution is 2.24. The molecule has 8 heteroatoms. The molecule has 0 aliphatic rings. The molecule has 3 aromatic rings. The van der Waals surface area contributed by atoms with Crippen LogP contribution in [-0.4, -0.2) is 24.9 Å². The van der Waals surface area contributed by atoms with Crippen molar-refractivity contribution in [1.29, 1.82) is 0 Å². The Bertz CT molecular complexity index is 966. The Balaban J connectivity index is 1.94. The van der Waals surface area contributed by atoms with Crippen molar-refractivity contribution in [2.24, 2.45) is 0 Å². The topological polar surface area (TPSA) is 102 Å². The second kappa shape index (κ2) is 5.65. The smallest absolute Gasteiger partial charge is 0.330 e. The normalized spacial score (nSPS) is 11.3. The van der Waals surface area contributed by atoms with Gasteiger partial charge in [-0.3, -0.25) is 9.52 Å². The molecule has 0 fully saturated rings. The lowest BCUT2D eigenvalue weighted by molar-refractivity contribution is -0.106.